The first kappa shape index (κ1) is 21.0. The van der Waals surface area contributed by atoms with Crippen molar-refractivity contribution in [2.24, 2.45) is 0 Å². The van der Waals surface area contributed by atoms with Crippen molar-refractivity contribution in [1.29, 1.82) is 0 Å². The zero-order chi connectivity index (χ0) is 22.3. The molecule has 2 aromatic rings. The van der Waals surface area contributed by atoms with Gasteiger partial charge in [0.25, 0.3) is 0 Å². The van der Waals surface area contributed by atoms with Crippen molar-refractivity contribution in [1.82, 2.24) is 10.1 Å². The third-order valence-corrected chi connectivity index (χ3v) is 5.17. The van der Waals surface area contributed by atoms with Crippen LogP contribution >= 0.6 is 0 Å². The second kappa shape index (κ2) is 8.10. The number of hydrogen-bond acceptors (Lipinski definition) is 6. The lowest BCUT2D eigenvalue weighted by atomic mass is 10.0. The maximum atomic E-state index is 13.5. The van der Waals surface area contributed by atoms with Crippen LogP contribution in [0.2, 0.25) is 0 Å². The van der Waals surface area contributed by atoms with Crippen LogP contribution in [-0.2, 0) is 22.4 Å². The molecule has 166 valence electrons. The minimum Gasteiger partial charge on any atom is -0.441 e. The lowest BCUT2D eigenvalue weighted by Gasteiger charge is -2.33. The Bertz CT molecular complexity index is 1010. The van der Waals surface area contributed by atoms with Crippen molar-refractivity contribution in [2.75, 3.05) is 30.5 Å². The molecule has 0 saturated carbocycles. The van der Waals surface area contributed by atoms with Crippen molar-refractivity contribution in [3.05, 3.63) is 40.8 Å². The van der Waals surface area contributed by atoms with Crippen LogP contribution in [0, 0.1) is 17.5 Å². The smallest absolute Gasteiger partial charge is 0.417 e. The highest BCUT2D eigenvalue weighted by molar-refractivity contribution is 5.91. The van der Waals surface area contributed by atoms with Crippen molar-refractivity contribution in [2.45, 2.75) is 32.0 Å². The van der Waals surface area contributed by atoms with Crippen LogP contribution in [0.1, 0.15) is 18.2 Å². The lowest BCUT2D eigenvalue weighted by molar-refractivity contribution is 0.0718. The summed E-state index contributed by atoms with van der Waals surface area (Å²) in [6.45, 7) is 2.21. The molecule has 1 N–H and O–H groups in total. The van der Waals surface area contributed by atoms with Crippen LogP contribution in [-0.4, -0.2) is 54.6 Å². The number of cyclic esters (lactones) is 1. The number of halogens is 3. The van der Waals surface area contributed by atoms with Gasteiger partial charge in [-0.05, 0) is 6.92 Å². The lowest BCUT2D eigenvalue weighted by Crippen LogP contribution is -2.45. The first-order chi connectivity index (χ1) is 14.8. The Morgan fingerprint density at radius 1 is 1.32 bits per heavy atom. The molecule has 4 rings (SSSR count). The van der Waals surface area contributed by atoms with Crippen molar-refractivity contribution >= 4 is 23.7 Å². The molecule has 1 fully saturated rings. The summed E-state index contributed by atoms with van der Waals surface area (Å²) in [5, 5.41) is 6.38. The van der Waals surface area contributed by atoms with Gasteiger partial charge in [-0.2, -0.15) is 0 Å². The number of fused-ring (bicyclic) bond motifs is 1. The second-order valence-corrected chi connectivity index (χ2v) is 7.35. The molecular weight excluding hydrogens is 421 g/mol. The van der Waals surface area contributed by atoms with Gasteiger partial charge in [-0.1, -0.05) is 5.16 Å². The molecule has 3 heterocycles. The molecule has 2 atom stereocenters. The third-order valence-electron chi connectivity index (χ3n) is 5.17. The van der Waals surface area contributed by atoms with E-state index < -0.39 is 35.7 Å². The van der Waals surface area contributed by atoms with E-state index in [1.807, 2.05) is 0 Å². The summed E-state index contributed by atoms with van der Waals surface area (Å²) >= 11 is 0. The topological polar surface area (TPSA) is 97.1 Å². The van der Waals surface area contributed by atoms with Gasteiger partial charge < -0.3 is 24.2 Å². The number of carbonyl (C=O) groups excluding carboxylic acids is 2. The van der Waals surface area contributed by atoms with Gasteiger partial charge in [0.1, 0.15) is 6.10 Å². The van der Waals surface area contributed by atoms with Gasteiger partial charge in [-0.15, -0.1) is 0 Å². The molecule has 0 aliphatic carbocycles. The fourth-order valence-electron chi connectivity index (χ4n) is 3.63. The summed E-state index contributed by atoms with van der Waals surface area (Å²) in [4.78, 5) is 27.7. The molecule has 0 spiro atoms. The monoisotopic (exact) mass is 440 g/mol. The molecule has 0 unspecified atom stereocenters. The van der Waals surface area contributed by atoms with Gasteiger partial charge in [-0.3, -0.25) is 0 Å². The summed E-state index contributed by atoms with van der Waals surface area (Å²) in [6.07, 6.45) is -0.751. The number of methoxy groups -OCH3 is 1. The quantitative estimate of drug-likeness (QED) is 0.735. The second-order valence-electron chi connectivity index (χ2n) is 7.35. The summed E-state index contributed by atoms with van der Waals surface area (Å²) in [6, 6.07) is 0.402. The number of carbonyl (C=O) groups is 2. The predicted molar refractivity (Wildman–Crippen MR) is 100 cm³/mol. The fraction of sp³-hybridized carbons (Fsp3) is 0.421. The number of aromatic nitrogens is 1. The van der Waals surface area contributed by atoms with E-state index in [-0.39, 0.29) is 37.3 Å². The van der Waals surface area contributed by atoms with Crippen molar-refractivity contribution < 1.29 is 36.8 Å². The summed E-state index contributed by atoms with van der Waals surface area (Å²) in [5.41, 5.74) is 0.892. The van der Waals surface area contributed by atoms with E-state index in [1.54, 1.807) is 6.92 Å². The normalized spacial score (nSPS) is 20.6. The first-order valence-corrected chi connectivity index (χ1v) is 9.45. The van der Waals surface area contributed by atoms with Gasteiger partial charge in [0, 0.05) is 37.4 Å². The molecule has 1 aromatic heterocycles. The number of amides is 3. The highest BCUT2D eigenvalue weighted by Gasteiger charge is 2.40. The third kappa shape index (κ3) is 3.90. The van der Waals surface area contributed by atoms with E-state index in [0.29, 0.717) is 29.8 Å². The van der Waals surface area contributed by atoms with Crippen LogP contribution in [0.3, 0.4) is 0 Å². The van der Waals surface area contributed by atoms with Gasteiger partial charge in [0.2, 0.25) is 5.88 Å². The number of benzene rings is 1. The number of ether oxygens (including phenoxy) is 2. The number of nitrogens with zero attached hydrogens (tertiary/aromatic N) is 3. The van der Waals surface area contributed by atoms with Gasteiger partial charge in [-0.25, -0.2) is 27.7 Å². The van der Waals surface area contributed by atoms with Crippen LogP contribution < -0.4 is 10.2 Å². The summed E-state index contributed by atoms with van der Waals surface area (Å²) in [7, 11) is 1.49. The molecule has 2 aliphatic rings. The Hall–Kier alpha value is -3.28. The number of hydrogen-bond donors (Lipinski definition) is 1. The molecule has 31 heavy (non-hydrogen) atoms. The average molecular weight is 440 g/mol. The number of urea groups is 1. The van der Waals surface area contributed by atoms with Gasteiger partial charge >= 0.3 is 12.1 Å². The van der Waals surface area contributed by atoms with Crippen molar-refractivity contribution in [3.8, 4) is 0 Å². The molecule has 9 nitrogen and oxygen atoms in total. The van der Waals surface area contributed by atoms with E-state index in [0.717, 1.165) is 0 Å². The van der Waals surface area contributed by atoms with Gasteiger partial charge in [0.15, 0.2) is 17.5 Å². The SMILES string of the molecule is COC[C@H]1CN(c2onc3c2CN(C(=O)Nc2cc(F)c(F)c(F)c2)[C@@H](C)C3)C(=O)O1. The molecule has 2 aliphatic heterocycles. The standard InChI is InChI=1S/C19H19F3N4O5/c1-9-3-15-12(17(31-24-15)26-6-11(8-29-2)30-19(26)28)7-25(9)18(27)23-10-4-13(20)16(22)14(21)5-10/h4-5,9,11H,3,6-8H2,1-2H3,(H,23,27)/t9-,11+/m0/s1. The molecule has 3 amide bonds. The Morgan fingerprint density at radius 2 is 2.03 bits per heavy atom. The van der Waals surface area contributed by atoms with E-state index in [9.17, 15) is 22.8 Å². The largest absolute Gasteiger partial charge is 0.441 e. The Balaban J connectivity index is 1.53. The minimum absolute atomic E-state index is 0.0338. The Kier molecular flexibility index (Phi) is 5.48. The Labute approximate surface area is 174 Å². The van der Waals surface area contributed by atoms with Crippen molar-refractivity contribution in [3.63, 3.8) is 0 Å². The molecular formula is C19H19F3N4O5. The Morgan fingerprint density at radius 3 is 2.71 bits per heavy atom. The molecule has 1 aromatic carbocycles. The van der Waals surface area contributed by atoms with E-state index in [4.69, 9.17) is 14.0 Å². The molecule has 0 bridgehead atoms. The highest BCUT2D eigenvalue weighted by atomic mass is 19.2. The number of anilines is 2. The maximum Gasteiger partial charge on any atom is 0.417 e. The zero-order valence-electron chi connectivity index (χ0n) is 16.7. The van der Waals surface area contributed by atoms with Crippen LogP contribution in [0.25, 0.3) is 0 Å². The first-order valence-electron chi connectivity index (χ1n) is 9.45. The zero-order valence-corrected chi connectivity index (χ0v) is 16.7. The van der Waals surface area contributed by atoms with E-state index >= 15 is 0 Å². The van der Waals surface area contributed by atoms with E-state index in [1.165, 1.54) is 16.9 Å². The van der Waals surface area contributed by atoms with Crippen LogP contribution in [0.4, 0.5) is 34.3 Å². The van der Waals surface area contributed by atoms with E-state index in [2.05, 4.69) is 10.5 Å². The van der Waals surface area contributed by atoms with Gasteiger partial charge in [0.05, 0.1) is 31.0 Å². The van der Waals surface area contributed by atoms with Crippen LogP contribution in [0.5, 0.6) is 0 Å². The minimum atomic E-state index is -1.62. The van der Waals surface area contributed by atoms with Crippen LogP contribution in [0.15, 0.2) is 16.7 Å². The fourth-order valence-corrected chi connectivity index (χ4v) is 3.63. The highest BCUT2D eigenvalue weighted by Crippen LogP contribution is 2.34. The molecule has 0 radical (unpaired) electrons. The number of rotatable bonds is 4. The molecule has 12 heteroatoms. The predicted octanol–water partition coefficient (Wildman–Crippen LogP) is 3.04. The summed E-state index contributed by atoms with van der Waals surface area (Å²) < 4.78 is 55.7. The maximum absolute atomic E-state index is 13.5. The molecule has 1 saturated heterocycles. The number of nitrogens with one attached hydrogen (secondary N) is 1. The summed E-state index contributed by atoms with van der Waals surface area (Å²) in [5.74, 6) is -4.28. The average Bonchev–Trinajstić information content (AvgIpc) is 3.27.